The van der Waals surface area contributed by atoms with Crippen molar-refractivity contribution in [3.8, 4) is 0 Å². The van der Waals surface area contributed by atoms with Crippen LogP contribution in [0.3, 0.4) is 0 Å². The van der Waals surface area contributed by atoms with Gasteiger partial charge in [0.15, 0.2) is 5.60 Å². The molecular weight excluding hydrogens is 343 g/mol. The summed E-state index contributed by atoms with van der Waals surface area (Å²) in [6.07, 6.45) is -0.327. The molecule has 2 aliphatic heterocycles. The maximum Gasteiger partial charge on any atom is 0.259 e. The van der Waals surface area contributed by atoms with Gasteiger partial charge in [-0.25, -0.2) is 0 Å². The van der Waals surface area contributed by atoms with Crippen molar-refractivity contribution in [2.24, 2.45) is 5.92 Å². The Kier molecular flexibility index (Phi) is 3.49. The fourth-order valence-electron chi connectivity index (χ4n) is 2.78. The predicted octanol–water partition coefficient (Wildman–Crippen LogP) is 1.41. The van der Waals surface area contributed by atoms with Crippen LogP contribution >= 0.6 is 15.9 Å². The molecule has 0 aromatic heterocycles. The zero-order valence-electron chi connectivity index (χ0n) is 11.1. The predicted molar refractivity (Wildman–Crippen MR) is 77.3 cm³/mol. The lowest BCUT2D eigenvalue weighted by Crippen LogP contribution is -2.59. The van der Waals surface area contributed by atoms with Gasteiger partial charge < -0.3 is 15.3 Å². The smallest absolute Gasteiger partial charge is 0.259 e. The van der Waals surface area contributed by atoms with E-state index >= 15 is 0 Å². The summed E-state index contributed by atoms with van der Waals surface area (Å²) in [6, 6.07) is 4.98. The van der Waals surface area contributed by atoms with E-state index in [0.29, 0.717) is 15.7 Å². The second-order valence-electron chi connectivity index (χ2n) is 5.51. The van der Waals surface area contributed by atoms with E-state index in [9.17, 15) is 19.1 Å². The summed E-state index contributed by atoms with van der Waals surface area (Å²) in [4.78, 5) is 25.7. The SMILES string of the molecule is O=C1CC(O)(C(=O)N2CC(CF)C2)c2cc(Br)ccc2N1. The Labute approximate surface area is 129 Å². The molecule has 2 N–H and O–H groups in total. The Morgan fingerprint density at radius 1 is 1.52 bits per heavy atom. The molecule has 3 rings (SSSR count). The van der Waals surface area contributed by atoms with Gasteiger partial charge in [-0.2, -0.15) is 0 Å². The number of nitrogens with zero attached hydrogens (tertiary/aromatic N) is 1. The van der Waals surface area contributed by atoms with Gasteiger partial charge in [-0.3, -0.25) is 14.0 Å². The fraction of sp³-hybridized carbons (Fsp3) is 0.429. The average molecular weight is 357 g/mol. The third kappa shape index (κ3) is 2.34. The van der Waals surface area contributed by atoms with E-state index in [4.69, 9.17) is 0 Å². The Bertz CT molecular complexity index is 618. The van der Waals surface area contributed by atoms with Gasteiger partial charge in [0.25, 0.3) is 5.91 Å². The number of carbonyl (C=O) groups excluding carboxylic acids is 2. The first kappa shape index (κ1) is 14.5. The highest BCUT2D eigenvalue weighted by Gasteiger charge is 2.49. The monoisotopic (exact) mass is 356 g/mol. The van der Waals surface area contributed by atoms with Crippen molar-refractivity contribution >= 4 is 33.4 Å². The minimum atomic E-state index is -1.89. The first-order valence-corrected chi connectivity index (χ1v) is 7.41. The summed E-state index contributed by atoms with van der Waals surface area (Å²) in [7, 11) is 0. The van der Waals surface area contributed by atoms with E-state index in [2.05, 4.69) is 21.2 Å². The minimum Gasteiger partial charge on any atom is -0.375 e. The number of alkyl halides is 1. The highest BCUT2D eigenvalue weighted by molar-refractivity contribution is 9.10. The molecule has 1 unspecified atom stereocenters. The molecule has 1 aromatic carbocycles. The van der Waals surface area contributed by atoms with Crippen molar-refractivity contribution < 1.29 is 19.1 Å². The topological polar surface area (TPSA) is 69.6 Å². The van der Waals surface area contributed by atoms with Gasteiger partial charge in [0.2, 0.25) is 5.91 Å². The maximum atomic E-state index is 12.5. The number of carbonyl (C=O) groups is 2. The quantitative estimate of drug-likeness (QED) is 0.841. The zero-order valence-corrected chi connectivity index (χ0v) is 12.7. The number of hydrogen-bond donors (Lipinski definition) is 2. The number of nitrogens with one attached hydrogen (secondary N) is 1. The number of anilines is 1. The molecule has 0 bridgehead atoms. The molecule has 2 aliphatic rings. The van der Waals surface area contributed by atoms with E-state index in [1.807, 2.05) is 0 Å². The van der Waals surface area contributed by atoms with Crippen LogP contribution in [0.25, 0.3) is 0 Å². The minimum absolute atomic E-state index is 0.169. The molecule has 2 heterocycles. The molecule has 0 radical (unpaired) electrons. The number of fused-ring (bicyclic) bond motifs is 1. The van der Waals surface area contributed by atoms with Crippen molar-refractivity contribution in [1.82, 2.24) is 4.90 Å². The maximum absolute atomic E-state index is 12.5. The third-order valence-electron chi connectivity index (χ3n) is 3.93. The van der Waals surface area contributed by atoms with Crippen LogP contribution in [0.4, 0.5) is 10.1 Å². The number of hydrogen-bond acceptors (Lipinski definition) is 3. The molecule has 1 saturated heterocycles. The second-order valence-corrected chi connectivity index (χ2v) is 6.42. The van der Waals surface area contributed by atoms with Crippen LogP contribution < -0.4 is 5.32 Å². The van der Waals surface area contributed by atoms with Crippen molar-refractivity contribution in [3.63, 3.8) is 0 Å². The van der Waals surface area contributed by atoms with E-state index in [1.165, 1.54) is 4.90 Å². The van der Waals surface area contributed by atoms with Crippen LogP contribution in [0.15, 0.2) is 22.7 Å². The van der Waals surface area contributed by atoms with Crippen LogP contribution in [0.1, 0.15) is 12.0 Å². The van der Waals surface area contributed by atoms with E-state index in [0.717, 1.165) is 0 Å². The molecule has 1 fully saturated rings. The first-order valence-electron chi connectivity index (χ1n) is 6.61. The highest BCUT2D eigenvalue weighted by Crippen LogP contribution is 2.39. The molecule has 1 atom stereocenters. The number of amides is 2. The summed E-state index contributed by atoms with van der Waals surface area (Å²) in [5.41, 5.74) is -1.10. The lowest BCUT2D eigenvalue weighted by molar-refractivity contribution is -0.162. The Morgan fingerprint density at radius 3 is 2.90 bits per heavy atom. The van der Waals surface area contributed by atoms with Gasteiger partial charge in [-0.15, -0.1) is 0 Å². The van der Waals surface area contributed by atoms with Gasteiger partial charge in [-0.1, -0.05) is 15.9 Å². The molecule has 2 amide bonds. The highest BCUT2D eigenvalue weighted by atomic mass is 79.9. The molecule has 0 aliphatic carbocycles. The molecule has 0 spiro atoms. The molecular formula is C14H14BrFN2O3. The number of benzene rings is 1. The van der Waals surface area contributed by atoms with E-state index < -0.39 is 24.1 Å². The number of aliphatic hydroxyl groups is 1. The van der Waals surface area contributed by atoms with E-state index in [1.54, 1.807) is 18.2 Å². The lowest BCUT2D eigenvalue weighted by Gasteiger charge is -2.43. The number of halogens is 2. The standard InChI is InChI=1S/C14H14BrFN2O3/c15-9-1-2-11-10(3-9)14(21,4-12(19)17-11)13(20)18-6-8(5-16)7-18/h1-3,8,21H,4-7H2,(H,17,19). The molecule has 21 heavy (non-hydrogen) atoms. The normalized spacial score (nSPS) is 25.1. The third-order valence-corrected chi connectivity index (χ3v) is 4.43. The molecule has 112 valence electrons. The van der Waals surface area contributed by atoms with Gasteiger partial charge in [0.05, 0.1) is 13.1 Å². The van der Waals surface area contributed by atoms with E-state index in [-0.39, 0.29) is 25.4 Å². The molecule has 1 aromatic rings. The van der Waals surface area contributed by atoms with Crippen molar-refractivity contribution in [2.75, 3.05) is 25.1 Å². The van der Waals surface area contributed by atoms with Crippen LogP contribution in [-0.4, -0.2) is 41.6 Å². The van der Waals surface area contributed by atoms with Gasteiger partial charge in [-0.05, 0) is 18.2 Å². The van der Waals surface area contributed by atoms with Gasteiger partial charge >= 0.3 is 0 Å². The lowest BCUT2D eigenvalue weighted by atomic mass is 9.83. The van der Waals surface area contributed by atoms with Crippen LogP contribution in [0, 0.1) is 5.92 Å². The second kappa shape index (κ2) is 5.06. The first-order chi connectivity index (χ1) is 9.94. The molecule has 5 nitrogen and oxygen atoms in total. The summed E-state index contributed by atoms with van der Waals surface area (Å²) in [5.74, 6) is -1.12. The zero-order chi connectivity index (χ0) is 15.2. The number of rotatable bonds is 2. The summed E-state index contributed by atoms with van der Waals surface area (Å²) < 4.78 is 13.2. The van der Waals surface area contributed by atoms with Gasteiger partial charge in [0.1, 0.15) is 0 Å². The fourth-order valence-corrected chi connectivity index (χ4v) is 3.14. The Balaban J connectivity index is 1.95. The molecule has 7 heteroatoms. The van der Waals surface area contributed by atoms with Crippen LogP contribution in [-0.2, 0) is 15.2 Å². The van der Waals surface area contributed by atoms with Crippen LogP contribution in [0.2, 0.25) is 0 Å². The Hall–Kier alpha value is -1.47. The van der Waals surface area contributed by atoms with Gasteiger partial charge in [0, 0.05) is 34.7 Å². The van der Waals surface area contributed by atoms with Crippen molar-refractivity contribution in [2.45, 2.75) is 12.0 Å². The van der Waals surface area contributed by atoms with Crippen molar-refractivity contribution in [1.29, 1.82) is 0 Å². The molecule has 0 saturated carbocycles. The number of likely N-dealkylation sites (tertiary alicyclic amines) is 1. The summed E-state index contributed by atoms with van der Waals surface area (Å²) >= 11 is 3.30. The van der Waals surface area contributed by atoms with Crippen LogP contribution in [0.5, 0.6) is 0 Å². The summed E-state index contributed by atoms with van der Waals surface area (Å²) in [5, 5.41) is 13.5. The van der Waals surface area contributed by atoms with Crippen molar-refractivity contribution in [3.05, 3.63) is 28.2 Å². The largest absolute Gasteiger partial charge is 0.375 e. The summed E-state index contributed by atoms with van der Waals surface area (Å²) in [6.45, 7) is 0.0794. The Morgan fingerprint density at radius 2 is 2.24 bits per heavy atom. The average Bonchev–Trinajstić information content (AvgIpc) is 2.38.